The van der Waals surface area contributed by atoms with Gasteiger partial charge in [-0.1, -0.05) is 13.3 Å². The van der Waals surface area contributed by atoms with Gasteiger partial charge in [-0.25, -0.2) is 0 Å². The highest BCUT2D eigenvalue weighted by atomic mass is 16.7. The van der Waals surface area contributed by atoms with E-state index in [4.69, 9.17) is 15.2 Å². The number of hydrogen-bond acceptors (Lipinski definition) is 4. The molecule has 0 saturated carbocycles. The number of methoxy groups -OCH3 is 2. The number of nitrogens with two attached hydrogens (primary N) is 1. The standard InChI is InChI=1S/C14H30N2O2/c1-5-12-7-6-9-16(10-8-12)14(2,11-15)13(17-3)18-4/h12-13H,5-11,15H2,1-4H3. The molecule has 1 saturated heterocycles. The van der Waals surface area contributed by atoms with Crippen molar-refractivity contribution < 1.29 is 9.47 Å². The van der Waals surface area contributed by atoms with E-state index in [0.717, 1.165) is 19.0 Å². The van der Waals surface area contributed by atoms with Gasteiger partial charge in [0.05, 0.1) is 5.54 Å². The molecule has 0 bridgehead atoms. The van der Waals surface area contributed by atoms with Crippen LogP contribution in [0.1, 0.15) is 39.5 Å². The van der Waals surface area contributed by atoms with Crippen molar-refractivity contribution in [3.8, 4) is 0 Å². The lowest BCUT2D eigenvalue weighted by Crippen LogP contribution is -2.60. The summed E-state index contributed by atoms with van der Waals surface area (Å²) in [6.07, 6.45) is 4.85. The third kappa shape index (κ3) is 3.44. The lowest BCUT2D eigenvalue weighted by Gasteiger charge is -2.44. The molecule has 2 atom stereocenters. The predicted molar refractivity (Wildman–Crippen MR) is 74.5 cm³/mol. The van der Waals surface area contributed by atoms with Crippen molar-refractivity contribution in [2.24, 2.45) is 11.7 Å². The maximum atomic E-state index is 6.01. The summed E-state index contributed by atoms with van der Waals surface area (Å²) >= 11 is 0. The number of hydrogen-bond donors (Lipinski definition) is 1. The Morgan fingerprint density at radius 3 is 2.44 bits per heavy atom. The minimum absolute atomic E-state index is 0.230. The van der Waals surface area contributed by atoms with Crippen molar-refractivity contribution in [1.29, 1.82) is 0 Å². The van der Waals surface area contributed by atoms with E-state index in [0.29, 0.717) is 6.54 Å². The fraction of sp³-hybridized carbons (Fsp3) is 1.00. The summed E-state index contributed by atoms with van der Waals surface area (Å²) < 4.78 is 10.9. The van der Waals surface area contributed by atoms with Crippen LogP contribution in [0.5, 0.6) is 0 Å². The maximum absolute atomic E-state index is 6.01. The molecule has 108 valence electrons. The third-order valence-electron chi connectivity index (χ3n) is 4.50. The van der Waals surface area contributed by atoms with E-state index in [2.05, 4.69) is 18.7 Å². The molecule has 0 aliphatic carbocycles. The molecule has 1 fully saturated rings. The SMILES string of the molecule is CCC1CCCN(C(C)(CN)C(OC)OC)CC1. The summed E-state index contributed by atoms with van der Waals surface area (Å²) in [4.78, 5) is 2.46. The summed E-state index contributed by atoms with van der Waals surface area (Å²) in [6.45, 7) is 7.17. The zero-order valence-electron chi connectivity index (χ0n) is 12.4. The zero-order valence-corrected chi connectivity index (χ0v) is 12.4. The molecule has 0 aromatic carbocycles. The minimum atomic E-state index is -0.263. The third-order valence-corrected chi connectivity index (χ3v) is 4.50. The van der Waals surface area contributed by atoms with E-state index in [1.807, 2.05) is 0 Å². The molecule has 0 spiro atoms. The van der Waals surface area contributed by atoms with Gasteiger partial charge in [-0.3, -0.25) is 4.90 Å². The van der Waals surface area contributed by atoms with E-state index in [9.17, 15) is 0 Å². The number of rotatable bonds is 6. The monoisotopic (exact) mass is 258 g/mol. The largest absolute Gasteiger partial charge is 0.354 e. The van der Waals surface area contributed by atoms with Gasteiger partial charge in [-0.15, -0.1) is 0 Å². The van der Waals surface area contributed by atoms with E-state index >= 15 is 0 Å². The maximum Gasteiger partial charge on any atom is 0.176 e. The van der Waals surface area contributed by atoms with Crippen LogP contribution in [0.25, 0.3) is 0 Å². The molecule has 1 rings (SSSR count). The van der Waals surface area contributed by atoms with Gasteiger partial charge in [0.1, 0.15) is 0 Å². The summed E-state index contributed by atoms with van der Waals surface area (Å²) in [6, 6.07) is 0. The summed E-state index contributed by atoms with van der Waals surface area (Å²) in [7, 11) is 3.38. The molecule has 2 N–H and O–H groups in total. The lowest BCUT2D eigenvalue weighted by atomic mass is 9.97. The predicted octanol–water partition coefficient (Wildman–Crippen LogP) is 1.83. The van der Waals surface area contributed by atoms with Crippen LogP contribution in [0.4, 0.5) is 0 Å². The van der Waals surface area contributed by atoms with Crippen LogP contribution in [0, 0.1) is 5.92 Å². The van der Waals surface area contributed by atoms with Crippen LogP contribution in [0.3, 0.4) is 0 Å². The van der Waals surface area contributed by atoms with Crippen LogP contribution < -0.4 is 5.73 Å². The highest BCUT2D eigenvalue weighted by molar-refractivity contribution is 4.92. The molecule has 1 aliphatic heterocycles. The van der Waals surface area contributed by atoms with Gasteiger partial charge in [0.25, 0.3) is 0 Å². The number of nitrogens with zero attached hydrogens (tertiary/aromatic N) is 1. The van der Waals surface area contributed by atoms with Crippen LogP contribution in [-0.2, 0) is 9.47 Å². The summed E-state index contributed by atoms with van der Waals surface area (Å²) in [5.41, 5.74) is 5.78. The Morgan fingerprint density at radius 2 is 1.94 bits per heavy atom. The van der Waals surface area contributed by atoms with Crippen molar-refractivity contribution >= 4 is 0 Å². The molecule has 4 nitrogen and oxygen atoms in total. The molecule has 18 heavy (non-hydrogen) atoms. The molecule has 1 aliphatic rings. The van der Waals surface area contributed by atoms with Gasteiger partial charge in [0, 0.05) is 20.8 Å². The molecule has 0 aromatic heterocycles. The summed E-state index contributed by atoms with van der Waals surface area (Å²) in [5, 5.41) is 0. The first kappa shape index (κ1) is 15.9. The highest BCUT2D eigenvalue weighted by Gasteiger charge is 2.40. The molecule has 4 heteroatoms. The van der Waals surface area contributed by atoms with Crippen molar-refractivity contribution in [3.63, 3.8) is 0 Å². The average Bonchev–Trinajstić information content (AvgIpc) is 2.65. The van der Waals surface area contributed by atoms with Gasteiger partial charge in [-0.05, 0) is 45.2 Å². The molecular formula is C14H30N2O2. The van der Waals surface area contributed by atoms with Crippen LogP contribution >= 0.6 is 0 Å². The Morgan fingerprint density at radius 1 is 1.28 bits per heavy atom. The Labute approximate surface area is 112 Å². The fourth-order valence-electron chi connectivity index (χ4n) is 3.06. The molecule has 0 radical (unpaired) electrons. The first-order valence-corrected chi connectivity index (χ1v) is 7.13. The second-order valence-electron chi connectivity index (χ2n) is 5.56. The molecular weight excluding hydrogens is 228 g/mol. The zero-order chi connectivity index (χ0) is 13.6. The van der Waals surface area contributed by atoms with Gasteiger partial charge in [0.15, 0.2) is 6.29 Å². The Hall–Kier alpha value is -0.160. The van der Waals surface area contributed by atoms with E-state index in [1.54, 1.807) is 14.2 Å². The number of ether oxygens (including phenoxy) is 2. The normalized spacial score (nSPS) is 26.0. The molecule has 0 aromatic rings. The Bertz CT molecular complexity index is 234. The lowest BCUT2D eigenvalue weighted by molar-refractivity contribution is -0.181. The van der Waals surface area contributed by atoms with E-state index in [1.165, 1.54) is 25.7 Å². The highest BCUT2D eigenvalue weighted by Crippen LogP contribution is 2.28. The Balaban J connectivity index is 2.74. The van der Waals surface area contributed by atoms with Crippen molar-refractivity contribution in [2.75, 3.05) is 33.9 Å². The summed E-state index contributed by atoms with van der Waals surface area (Å²) in [5.74, 6) is 0.862. The topological polar surface area (TPSA) is 47.7 Å². The van der Waals surface area contributed by atoms with Gasteiger partial charge in [-0.2, -0.15) is 0 Å². The molecule has 1 heterocycles. The van der Waals surface area contributed by atoms with Crippen LogP contribution in [0.15, 0.2) is 0 Å². The van der Waals surface area contributed by atoms with Crippen LogP contribution in [0.2, 0.25) is 0 Å². The quantitative estimate of drug-likeness (QED) is 0.739. The molecule has 0 amide bonds. The first-order chi connectivity index (χ1) is 8.62. The van der Waals surface area contributed by atoms with Crippen LogP contribution in [-0.4, -0.2) is 50.6 Å². The second kappa shape index (κ2) is 7.43. The Kier molecular flexibility index (Phi) is 6.57. The van der Waals surface area contributed by atoms with E-state index in [-0.39, 0.29) is 11.8 Å². The van der Waals surface area contributed by atoms with Crippen molar-refractivity contribution in [2.45, 2.75) is 51.4 Å². The van der Waals surface area contributed by atoms with Gasteiger partial charge >= 0.3 is 0 Å². The second-order valence-corrected chi connectivity index (χ2v) is 5.56. The van der Waals surface area contributed by atoms with Gasteiger partial charge in [0.2, 0.25) is 0 Å². The smallest absolute Gasteiger partial charge is 0.176 e. The van der Waals surface area contributed by atoms with Crippen molar-refractivity contribution in [1.82, 2.24) is 4.90 Å². The fourth-order valence-corrected chi connectivity index (χ4v) is 3.06. The van der Waals surface area contributed by atoms with Gasteiger partial charge < -0.3 is 15.2 Å². The minimum Gasteiger partial charge on any atom is -0.354 e. The first-order valence-electron chi connectivity index (χ1n) is 7.13. The van der Waals surface area contributed by atoms with E-state index < -0.39 is 0 Å². The number of likely N-dealkylation sites (tertiary alicyclic amines) is 1. The average molecular weight is 258 g/mol. The molecule has 2 unspecified atom stereocenters. The van der Waals surface area contributed by atoms with Crippen molar-refractivity contribution in [3.05, 3.63) is 0 Å².